The van der Waals surface area contributed by atoms with Gasteiger partial charge in [-0.05, 0) is 53.9 Å². The van der Waals surface area contributed by atoms with Crippen LogP contribution in [0.4, 0.5) is 0 Å². The smallest absolute Gasteiger partial charge is 0.119 e. The molecule has 0 radical (unpaired) electrons. The molecule has 106 valence electrons. The molecule has 0 heterocycles. The summed E-state index contributed by atoms with van der Waals surface area (Å²) in [7, 11) is 1.63. The maximum absolute atomic E-state index is 10.4. The monoisotopic (exact) mass is 354 g/mol. The number of rotatable bonds is 4. The first-order chi connectivity index (χ1) is 9.51. The second kappa shape index (κ2) is 6.61. The van der Waals surface area contributed by atoms with Gasteiger partial charge in [0.15, 0.2) is 0 Å². The summed E-state index contributed by atoms with van der Waals surface area (Å²) in [6.07, 6.45) is -0.0593. The van der Waals surface area contributed by atoms with Crippen LogP contribution in [0.25, 0.3) is 0 Å². The number of hydrogen-bond acceptors (Lipinski definition) is 2. The molecule has 0 aliphatic carbocycles. The van der Waals surface area contributed by atoms with Crippen molar-refractivity contribution in [1.82, 2.24) is 0 Å². The largest absolute Gasteiger partial charge is 0.497 e. The van der Waals surface area contributed by atoms with Crippen LogP contribution in [0.15, 0.2) is 40.9 Å². The average Bonchev–Trinajstić information content (AvgIpc) is 2.41. The molecule has 0 bridgehead atoms. The third kappa shape index (κ3) is 3.54. The van der Waals surface area contributed by atoms with Crippen LogP contribution in [0.2, 0.25) is 5.02 Å². The molecule has 0 amide bonds. The van der Waals surface area contributed by atoms with Crippen LogP contribution in [0.5, 0.6) is 5.75 Å². The lowest BCUT2D eigenvalue weighted by molar-refractivity contribution is 0.177. The van der Waals surface area contributed by atoms with E-state index in [1.54, 1.807) is 13.2 Å². The summed E-state index contributed by atoms with van der Waals surface area (Å²) < 4.78 is 6.18. The summed E-state index contributed by atoms with van der Waals surface area (Å²) in [6, 6.07) is 11.3. The zero-order chi connectivity index (χ0) is 14.7. The molecule has 0 aliphatic heterocycles. The quantitative estimate of drug-likeness (QED) is 0.861. The molecule has 0 aliphatic rings. The highest BCUT2D eigenvalue weighted by atomic mass is 79.9. The van der Waals surface area contributed by atoms with Crippen LogP contribution in [0.1, 0.15) is 22.8 Å². The van der Waals surface area contributed by atoms with Crippen LogP contribution in [-0.2, 0) is 6.42 Å². The van der Waals surface area contributed by atoms with E-state index in [-0.39, 0.29) is 0 Å². The molecule has 0 fully saturated rings. The minimum Gasteiger partial charge on any atom is -0.497 e. The molecule has 20 heavy (non-hydrogen) atoms. The van der Waals surface area contributed by atoms with E-state index < -0.39 is 6.10 Å². The molecule has 2 rings (SSSR count). The first kappa shape index (κ1) is 15.4. The van der Waals surface area contributed by atoms with Gasteiger partial charge < -0.3 is 9.84 Å². The van der Waals surface area contributed by atoms with Gasteiger partial charge in [0.2, 0.25) is 0 Å². The molecule has 0 saturated carbocycles. The molecular formula is C16H16BrClO2. The first-order valence-electron chi connectivity index (χ1n) is 6.28. The number of methoxy groups -OCH3 is 1. The van der Waals surface area contributed by atoms with E-state index in [9.17, 15) is 5.11 Å². The molecule has 2 aromatic rings. The number of aryl methyl sites for hydroxylation is 1. The Balaban J connectivity index is 2.25. The Morgan fingerprint density at radius 3 is 2.65 bits per heavy atom. The summed E-state index contributed by atoms with van der Waals surface area (Å²) in [4.78, 5) is 0. The molecule has 4 heteroatoms. The predicted octanol–water partition coefficient (Wildman–Crippen LogP) is 4.70. The summed E-state index contributed by atoms with van der Waals surface area (Å²) in [5, 5.41) is 11.1. The third-order valence-electron chi connectivity index (χ3n) is 3.26. The van der Waals surface area contributed by atoms with E-state index in [0.29, 0.717) is 11.4 Å². The van der Waals surface area contributed by atoms with Gasteiger partial charge in [0.1, 0.15) is 5.75 Å². The molecule has 2 aromatic carbocycles. The fourth-order valence-electron chi connectivity index (χ4n) is 2.17. The van der Waals surface area contributed by atoms with Gasteiger partial charge in [-0.3, -0.25) is 0 Å². The van der Waals surface area contributed by atoms with Crippen molar-refractivity contribution in [3.8, 4) is 5.75 Å². The molecule has 0 spiro atoms. The van der Waals surface area contributed by atoms with Crippen LogP contribution in [-0.4, -0.2) is 12.2 Å². The van der Waals surface area contributed by atoms with E-state index in [0.717, 1.165) is 26.9 Å². The van der Waals surface area contributed by atoms with Crippen molar-refractivity contribution in [2.45, 2.75) is 19.4 Å². The number of aliphatic hydroxyl groups is 1. The summed E-state index contributed by atoms with van der Waals surface area (Å²) in [5.74, 6) is 0.781. The van der Waals surface area contributed by atoms with Gasteiger partial charge in [0.05, 0.1) is 13.2 Å². The van der Waals surface area contributed by atoms with Gasteiger partial charge >= 0.3 is 0 Å². The summed E-state index contributed by atoms with van der Waals surface area (Å²) >= 11 is 9.44. The molecule has 0 aromatic heterocycles. The summed E-state index contributed by atoms with van der Waals surface area (Å²) in [6.45, 7) is 1.95. The minimum atomic E-state index is -0.573. The normalized spacial score (nSPS) is 12.2. The number of ether oxygens (including phenoxy) is 1. The van der Waals surface area contributed by atoms with Crippen molar-refractivity contribution in [3.63, 3.8) is 0 Å². The third-order valence-corrected chi connectivity index (χ3v) is 4.27. The van der Waals surface area contributed by atoms with E-state index in [1.165, 1.54) is 0 Å². The molecule has 1 atom stereocenters. The Hall–Kier alpha value is -1.03. The van der Waals surface area contributed by atoms with Crippen molar-refractivity contribution in [3.05, 3.63) is 62.6 Å². The van der Waals surface area contributed by atoms with E-state index in [4.69, 9.17) is 16.3 Å². The fraction of sp³-hybridized carbons (Fsp3) is 0.250. The second-order valence-corrected chi connectivity index (χ2v) is 5.97. The Kier molecular flexibility index (Phi) is 5.08. The van der Waals surface area contributed by atoms with E-state index >= 15 is 0 Å². The minimum absolute atomic E-state index is 0.514. The maximum atomic E-state index is 10.4. The number of hydrogen-bond donors (Lipinski definition) is 1. The zero-order valence-corrected chi connectivity index (χ0v) is 13.7. The standard InChI is InChI=1S/C16H16BrClO2/c1-10-7-12(18)3-5-14(10)16(19)9-11-8-13(20-2)4-6-15(11)17/h3-8,16,19H,9H2,1-2H3. The van der Waals surface area contributed by atoms with Crippen LogP contribution in [0, 0.1) is 6.92 Å². The topological polar surface area (TPSA) is 29.5 Å². The molecule has 1 unspecified atom stereocenters. The Labute approximate surface area is 132 Å². The lowest BCUT2D eigenvalue weighted by Gasteiger charge is -2.15. The van der Waals surface area contributed by atoms with Crippen molar-refractivity contribution >= 4 is 27.5 Å². The number of aliphatic hydroxyl groups excluding tert-OH is 1. The fourth-order valence-corrected chi connectivity index (χ4v) is 2.80. The highest BCUT2D eigenvalue weighted by Gasteiger charge is 2.14. The average molecular weight is 356 g/mol. The Morgan fingerprint density at radius 1 is 1.25 bits per heavy atom. The molecule has 1 N–H and O–H groups in total. The first-order valence-corrected chi connectivity index (χ1v) is 7.45. The van der Waals surface area contributed by atoms with Gasteiger partial charge in [-0.2, -0.15) is 0 Å². The lowest BCUT2D eigenvalue weighted by atomic mass is 9.98. The van der Waals surface area contributed by atoms with Gasteiger partial charge in [0.25, 0.3) is 0 Å². The SMILES string of the molecule is COc1ccc(Br)c(CC(O)c2ccc(Cl)cc2C)c1. The second-order valence-electron chi connectivity index (χ2n) is 4.68. The Morgan fingerprint density at radius 2 is 2.00 bits per heavy atom. The maximum Gasteiger partial charge on any atom is 0.119 e. The molecule has 0 saturated heterocycles. The lowest BCUT2D eigenvalue weighted by Crippen LogP contribution is -2.04. The van der Waals surface area contributed by atoms with Crippen LogP contribution >= 0.6 is 27.5 Å². The van der Waals surface area contributed by atoms with Gasteiger partial charge in [-0.15, -0.1) is 0 Å². The van der Waals surface area contributed by atoms with Crippen molar-refractivity contribution in [2.75, 3.05) is 7.11 Å². The van der Waals surface area contributed by atoms with Gasteiger partial charge in [0, 0.05) is 15.9 Å². The molecular weight excluding hydrogens is 340 g/mol. The number of benzene rings is 2. The van der Waals surface area contributed by atoms with Crippen LogP contribution in [0.3, 0.4) is 0 Å². The summed E-state index contributed by atoms with van der Waals surface area (Å²) in [5.41, 5.74) is 2.89. The number of halogens is 2. The van der Waals surface area contributed by atoms with Crippen molar-refractivity contribution < 1.29 is 9.84 Å². The van der Waals surface area contributed by atoms with Gasteiger partial charge in [-0.1, -0.05) is 33.6 Å². The van der Waals surface area contributed by atoms with E-state index in [1.807, 2.05) is 37.3 Å². The Bertz CT molecular complexity index is 613. The highest BCUT2D eigenvalue weighted by Crippen LogP contribution is 2.29. The van der Waals surface area contributed by atoms with Crippen molar-refractivity contribution in [1.29, 1.82) is 0 Å². The zero-order valence-electron chi connectivity index (χ0n) is 11.4. The van der Waals surface area contributed by atoms with Crippen LogP contribution < -0.4 is 4.74 Å². The highest BCUT2D eigenvalue weighted by molar-refractivity contribution is 9.10. The van der Waals surface area contributed by atoms with Gasteiger partial charge in [-0.25, -0.2) is 0 Å². The van der Waals surface area contributed by atoms with Crippen molar-refractivity contribution in [2.24, 2.45) is 0 Å². The predicted molar refractivity (Wildman–Crippen MR) is 85.5 cm³/mol. The molecule has 2 nitrogen and oxygen atoms in total. The van der Waals surface area contributed by atoms with E-state index in [2.05, 4.69) is 15.9 Å².